The van der Waals surface area contributed by atoms with Crippen molar-refractivity contribution in [2.75, 3.05) is 0 Å². The van der Waals surface area contributed by atoms with Crippen LogP contribution in [0.3, 0.4) is 0 Å². The van der Waals surface area contributed by atoms with E-state index in [9.17, 15) is 4.39 Å². The maximum atomic E-state index is 12.9. The zero-order valence-corrected chi connectivity index (χ0v) is 15.3. The van der Waals surface area contributed by atoms with Crippen LogP contribution < -0.4 is 4.74 Å². The standard InChI is InChI=1S/C18H15FN4OS2/c19-14-6-8-15(9-7-14)24-10-17-22-23-16(20-21-18(23)26-17)12-25-11-13-4-2-1-3-5-13/h1-9H,10-12H2. The molecule has 5 nitrogen and oxygen atoms in total. The molecule has 0 atom stereocenters. The molecule has 26 heavy (non-hydrogen) atoms. The molecule has 0 saturated carbocycles. The molecule has 4 aromatic rings. The molecule has 0 spiro atoms. The Bertz CT molecular complexity index is 986. The molecular formula is C18H15FN4OS2. The van der Waals surface area contributed by atoms with E-state index >= 15 is 0 Å². The van der Waals surface area contributed by atoms with Gasteiger partial charge in [0.1, 0.15) is 18.2 Å². The smallest absolute Gasteiger partial charge is 0.234 e. The largest absolute Gasteiger partial charge is 0.486 e. The number of hydrogen-bond acceptors (Lipinski definition) is 6. The van der Waals surface area contributed by atoms with Gasteiger partial charge in [0.25, 0.3) is 0 Å². The molecule has 0 unspecified atom stereocenters. The van der Waals surface area contributed by atoms with Gasteiger partial charge in [-0.15, -0.1) is 22.0 Å². The first-order chi connectivity index (χ1) is 12.8. The molecule has 2 aromatic carbocycles. The molecule has 132 valence electrons. The van der Waals surface area contributed by atoms with Crippen LogP contribution in [0.5, 0.6) is 5.75 Å². The highest BCUT2D eigenvalue weighted by atomic mass is 32.2. The lowest BCUT2D eigenvalue weighted by atomic mass is 10.2. The zero-order chi connectivity index (χ0) is 17.8. The predicted molar refractivity (Wildman–Crippen MR) is 101 cm³/mol. The van der Waals surface area contributed by atoms with Crippen molar-refractivity contribution in [1.82, 2.24) is 19.8 Å². The van der Waals surface area contributed by atoms with Gasteiger partial charge in [0.15, 0.2) is 10.8 Å². The van der Waals surface area contributed by atoms with Crippen LogP contribution in [0.4, 0.5) is 4.39 Å². The Balaban J connectivity index is 1.37. The number of benzene rings is 2. The number of halogens is 1. The second-order valence-electron chi connectivity index (χ2n) is 5.53. The third-order valence-corrected chi connectivity index (χ3v) is 5.49. The van der Waals surface area contributed by atoms with Gasteiger partial charge in [0, 0.05) is 5.75 Å². The first-order valence-electron chi connectivity index (χ1n) is 7.98. The summed E-state index contributed by atoms with van der Waals surface area (Å²) in [6, 6.07) is 16.3. The molecule has 2 heterocycles. The first kappa shape index (κ1) is 17.0. The van der Waals surface area contributed by atoms with Crippen molar-refractivity contribution in [3.63, 3.8) is 0 Å². The van der Waals surface area contributed by atoms with Gasteiger partial charge < -0.3 is 4.74 Å². The van der Waals surface area contributed by atoms with Crippen LogP contribution in [0.25, 0.3) is 4.96 Å². The van der Waals surface area contributed by atoms with Gasteiger partial charge in [-0.1, -0.05) is 41.7 Å². The summed E-state index contributed by atoms with van der Waals surface area (Å²) in [7, 11) is 0. The van der Waals surface area contributed by atoms with Crippen LogP contribution in [0.1, 0.15) is 16.4 Å². The van der Waals surface area contributed by atoms with Crippen LogP contribution in [-0.2, 0) is 18.1 Å². The lowest BCUT2D eigenvalue weighted by Gasteiger charge is -2.02. The molecule has 0 amide bonds. The number of aromatic nitrogens is 4. The minimum Gasteiger partial charge on any atom is -0.486 e. The Kier molecular flexibility index (Phi) is 5.12. The van der Waals surface area contributed by atoms with Gasteiger partial charge in [-0.05, 0) is 29.8 Å². The molecule has 0 bridgehead atoms. The van der Waals surface area contributed by atoms with E-state index in [1.165, 1.54) is 29.0 Å². The first-order valence-corrected chi connectivity index (χ1v) is 9.95. The summed E-state index contributed by atoms with van der Waals surface area (Å²) in [5, 5.41) is 13.7. The Labute approximate surface area is 157 Å². The Morgan fingerprint density at radius 3 is 2.62 bits per heavy atom. The average molecular weight is 386 g/mol. The number of ether oxygens (including phenoxy) is 1. The monoisotopic (exact) mass is 386 g/mol. The fraction of sp³-hybridized carbons (Fsp3) is 0.167. The topological polar surface area (TPSA) is 52.3 Å². The fourth-order valence-corrected chi connectivity index (χ4v) is 4.01. The van der Waals surface area contributed by atoms with Crippen molar-refractivity contribution in [1.29, 1.82) is 0 Å². The number of hydrogen-bond donors (Lipinski definition) is 0. The fourth-order valence-electron chi connectivity index (χ4n) is 2.36. The second-order valence-corrected chi connectivity index (χ2v) is 7.55. The minimum absolute atomic E-state index is 0.284. The lowest BCUT2D eigenvalue weighted by molar-refractivity contribution is 0.303. The van der Waals surface area contributed by atoms with Gasteiger partial charge in [0.2, 0.25) is 4.96 Å². The zero-order valence-electron chi connectivity index (χ0n) is 13.7. The maximum Gasteiger partial charge on any atom is 0.234 e. The molecule has 0 saturated heterocycles. The summed E-state index contributed by atoms with van der Waals surface area (Å²) in [6.45, 7) is 0.316. The van der Waals surface area contributed by atoms with E-state index in [0.717, 1.165) is 27.3 Å². The van der Waals surface area contributed by atoms with Crippen molar-refractivity contribution >= 4 is 28.1 Å². The molecule has 4 rings (SSSR count). The molecule has 0 aliphatic heterocycles. The van der Waals surface area contributed by atoms with E-state index in [2.05, 4.69) is 27.4 Å². The molecule has 0 aliphatic rings. The van der Waals surface area contributed by atoms with Crippen LogP contribution in [0.15, 0.2) is 54.6 Å². The van der Waals surface area contributed by atoms with Gasteiger partial charge in [-0.25, -0.2) is 4.39 Å². The molecule has 0 fully saturated rings. The van der Waals surface area contributed by atoms with Crippen molar-refractivity contribution in [3.05, 3.63) is 76.8 Å². The third-order valence-electron chi connectivity index (χ3n) is 3.62. The highest BCUT2D eigenvalue weighted by Crippen LogP contribution is 2.21. The number of nitrogens with zero attached hydrogens (tertiary/aromatic N) is 4. The number of thioether (sulfide) groups is 1. The van der Waals surface area contributed by atoms with E-state index in [0.29, 0.717) is 12.4 Å². The van der Waals surface area contributed by atoms with Crippen molar-refractivity contribution < 1.29 is 9.13 Å². The van der Waals surface area contributed by atoms with Crippen LogP contribution in [0, 0.1) is 5.82 Å². The number of fused-ring (bicyclic) bond motifs is 1. The van der Waals surface area contributed by atoms with Crippen molar-refractivity contribution in [2.45, 2.75) is 18.1 Å². The highest BCUT2D eigenvalue weighted by molar-refractivity contribution is 7.97. The lowest BCUT2D eigenvalue weighted by Crippen LogP contribution is -1.99. The van der Waals surface area contributed by atoms with Crippen molar-refractivity contribution in [2.24, 2.45) is 0 Å². The van der Waals surface area contributed by atoms with E-state index in [1.807, 2.05) is 18.2 Å². The third kappa shape index (κ3) is 4.03. The minimum atomic E-state index is -0.284. The average Bonchev–Trinajstić information content (AvgIpc) is 3.23. The summed E-state index contributed by atoms with van der Waals surface area (Å²) in [6.07, 6.45) is 0. The van der Waals surface area contributed by atoms with E-state index < -0.39 is 0 Å². The Hall–Kier alpha value is -2.45. The summed E-state index contributed by atoms with van der Waals surface area (Å²) < 4.78 is 20.3. The number of rotatable bonds is 7. The molecular weight excluding hydrogens is 371 g/mol. The maximum absolute atomic E-state index is 12.9. The van der Waals surface area contributed by atoms with E-state index in [1.54, 1.807) is 28.4 Å². The van der Waals surface area contributed by atoms with Crippen LogP contribution >= 0.6 is 23.1 Å². The van der Waals surface area contributed by atoms with Gasteiger partial charge >= 0.3 is 0 Å². The van der Waals surface area contributed by atoms with E-state index in [-0.39, 0.29) is 5.82 Å². The normalized spacial score (nSPS) is 11.1. The highest BCUT2D eigenvalue weighted by Gasteiger charge is 2.12. The van der Waals surface area contributed by atoms with Crippen molar-refractivity contribution in [3.8, 4) is 5.75 Å². The van der Waals surface area contributed by atoms with Gasteiger partial charge in [-0.2, -0.15) is 9.61 Å². The SMILES string of the molecule is Fc1ccc(OCc2nn3c(CSCc4ccccc4)nnc3s2)cc1. The molecule has 8 heteroatoms. The second kappa shape index (κ2) is 7.84. The van der Waals surface area contributed by atoms with Gasteiger partial charge in [-0.3, -0.25) is 0 Å². The molecule has 0 N–H and O–H groups in total. The van der Waals surface area contributed by atoms with E-state index in [4.69, 9.17) is 4.74 Å². The molecule has 0 radical (unpaired) electrons. The molecule has 0 aliphatic carbocycles. The predicted octanol–water partition coefficient (Wildman–Crippen LogP) is 4.34. The summed E-state index contributed by atoms with van der Waals surface area (Å²) in [4.78, 5) is 0.748. The summed E-state index contributed by atoms with van der Waals surface area (Å²) >= 11 is 3.21. The Morgan fingerprint density at radius 2 is 1.81 bits per heavy atom. The van der Waals surface area contributed by atoms with Gasteiger partial charge in [0.05, 0.1) is 5.75 Å². The summed E-state index contributed by atoms with van der Waals surface area (Å²) in [5.41, 5.74) is 1.28. The summed E-state index contributed by atoms with van der Waals surface area (Å²) in [5.74, 6) is 2.80. The molecule has 2 aromatic heterocycles. The quantitative estimate of drug-likeness (QED) is 0.473. The Morgan fingerprint density at radius 1 is 1.00 bits per heavy atom. The van der Waals surface area contributed by atoms with Crippen LogP contribution in [0.2, 0.25) is 0 Å². The van der Waals surface area contributed by atoms with Crippen LogP contribution in [-0.4, -0.2) is 19.8 Å².